The van der Waals surface area contributed by atoms with E-state index < -0.39 is 0 Å². The summed E-state index contributed by atoms with van der Waals surface area (Å²) in [4.78, 5) is 26.7. The predicted molar refractivity (Wildman–Crippen MR) is 91.3 cm³/mol. The fourth-order valence-electron chi connectivity index (χ4n) is 2.34. The van der Waals surface area contributed by atoms with Crippen LogP contribution in [0.3, 0.4) is 0 Å². The Bertz CT molecular complexity index is 645. The van der Waals surface area contributed by atoms with Crippen LogP contribution < -0.4 is 9.80 Å². The normalized spacial score (nSPS) is 10.2. The largest absolute Gasteiger partial charge is 0.378 e. The van der Waals surface area contributed by atoms with E-state index in [9.17, 15) is 9.59 Å². The maximum atomic E-state index is 11.4. The van der Waals surface area contributed by atoms with Gasteiger partial charge in [0.1, 0.15) is 0 Å². The van der Waals surface area contributed by atoms with Gasteiger partial charge in [0.05, 0.1) is 0 Å². The van der Waals surface area contributed by atoms with E-state index in [2.05, 4.69) is 0 Å². The molecule has 0 heterocycles. The minimum absolute atomic E-state index is 0.576. The van der Waals surface area contributed by atoms with Crippen molar-refractivity contribution in [1.82, 2.24) is 0 Å². The first kappa shape index (κ1) is 15.8. The Hall–Kier alpha value is -2.62. The molecule has 4 heteroatoms. The van der Waals surface area contributed by atoms with Crippen LogP contribution >= 0.6 is 0 Å². The summed E-state index contributed by atoms with van der Waals surface area (Å²) < 4.78 is 0. The van der Waals surface area contributed by atoms with Gasteiger partial charge in [0.2, 0.25) is 0 Å². The van der Waals surface area contributed by atoms with Crippen molar-refractivity contribution in [2.75, 3.05) is 38.0 Å². The van der Waals surface area contributed by atoms with Gasteiger partial charge in [-0.15, -0.1) is 0 Å². The Kier molecular flexibility index (Phi) is 4.61. The summed E-state index contributed by atoms with van der Waals surface area (Å²) in [5.74, 6) is 0. The monoisotopic (exact) mass is 296 g/mol. The van der Waals surface area contributed by atoms with E-state index in [0.29, 0.717) is 11.1 Å². The molecule has 0 N–H and O–H groups in total. The first-order valence-electron chi connectivity index (χ1n) is 7.01. The molecule has 0 aromatic heterocycles. The van der Waals surface area contributed by atoms with E-state index in [4.69, 9.17) is 0 Å². The molecule has 0 atom stereocenters. The summed E-state index contributed by atoms with van der Waals surface area (Å²) >= 11 is 0. The van der Waals surface area contributed by atoms with Gasteiger partial charge in [-0.3, -0.25) is 9.59 Å². The van der Waals surface area contributed by atoms with Gasteiger partial charge in [0.15, 0.2) is 12.6 Å². The minimum Gasteiger partial charge on any atom is -0.378 e. The summed E-state index contributed by atoms with van der Waals surface area (Å²) in [6.07, 6.45) is 1.66. The molecule has 0 aliphatic rings. The summed E-state index contributed by atoms with van der Waals surface area (Å²) in [5.41, 5.74) is 4.59. The fraction of sp³-hybridized carbons (Fsp3) is 0.222. The lowest BCUT2D eigenvalue weighted by molar-refractivity contribution is 0.111. The Morgan fingerprint density at radius 2 is 1.05 bits per heavy atom. The summed E-state index contributed by atoms with van der Waals surface area (Å²) in [5, 5.41) is 0. The first-order chi connectivity index (χ1) is 10.5. The molecule has 0 saturated heterocycles. The Labute approximate surface area is 131 Å². The van der Waals surface area contributed by atoms with Gasteiger partial charge in [-0.25, -0.2) is 0 Å². The van der Waals surface area contributed by atoms with Crippen LogP contribution in [-0.2, 0) is 0 Å². The second-order valence-electron chi connectivity index (χ2n) is 5.57. The Morgan fingerprint density at radius 3 is 1.32 bits per heavy atom. The summed E-state index contributed by atoms with van der Waals surface area (Å²) in [7, 11) is 7.69. The third-order valence-electron chi connectivity index (χ3n) is 3.65. The molecule has 0 amide bonds. The molecular formula is C18H20N2O2. The molecule has 0 fully saturated rings. The number of carbonyl (C=O) groups is 2. The minimum atomic E-state index is 0.576. The molecule has 2 aromatic carbocycles. The van der Waals surface area contributed by atoms with Crippen LogP contribution in [0.15, 0.2) is 36.4 Å². The van der Waals surface area contributed by atoms with Gasteiger partial charge in [0.25, 0.3) is 0 Å². The molecule has 2 rings (SSSR count). The highest BCUT2D eigenvalue weighted by atomic mass is 16.1. The van der Waals surface area contributed by atoms with E-state index in [1.54, 1.807) is 0 Å². The van der Waals surface area contributed by atoms with Crippen molar-refractivity contribution in [3.63, 3.8) is 0 Å². The zero-order chi connectivity index (χ0) is 16.3. The molecule has 0 radical (unpaired) electrons. The van der Waals surface area contributed by atoms with Gasteiger partial charge in [-0.1, -0.05) is 12.1 Å². The number of nitrogens with zero attached hydrogens (tertiary/aromatic N) is 2. The van der Waals surface area contributed by atoms with Crippen molar-refractivity contribution in [1.29, 1.82) is 0 Å². The van der Waals surface area contributed by atoms with E-state index in [-0.39, 0.29) is 0 Å². The number of hydrogen-bond donors (Lipinski definition) is 0. The third kappa shape index (κ3) is 3.01. The maximum absolute atomic E-state index is 11.4. The van der Waals surface area contributed by atoms with Gasteiger partial charge >= 0.3 is 0 Å². The van der Waals surface area contributed by atoms with Crippen molar-refractivity contribution in [2.45, 2.75) is 0 Å². The van der Waals surface area contributed by atoms with E-state index >= 15 is 0 Å². The highest BCUT2D eigenvalue weighted by Gasteiger charge is 2.12. The second-order valence-corrected chi connectivity index (χ2v) is 5.57. The van der Waals surface area contributed by atoms with Crippen LogP contribution in [0.5, 0.6) is 0 Å². The zero-order valence-corrected chi connectivity index (χ0v) is 13.3. The third-order valence-corrected chi connectivity index (χ3v) is 3.65. The molecule has 0 saturated carbocycles. The number of benzene rings is 2. The lowest BCUT2D eigenvalue weighted by atomic mass is 9.95. The maximum Gasteiger partial charge on any atom is 0.150 e. The standard InChI is InChI=1S/C18H20N2O2/c1-19(2)15-5-7-17(13(9-15)11-21)18-8-6-16(20(3)4)10-14(18)12-22/h5-12H,1-4H3. The lowest BCUT2D eigenvalue weighted by Crippen LogP contribution is -2.10. The number of hydrogen-bond acceptors (Lipinski definition) is 4. The number of anilines is 2. The predicted octanol–water partition coefficient (Wildman–Crippen LogP) is 3.11. The van der Waals surface area contributed by atoms with Crippen molar-refractivity contribution in [3.8, 4) is 11.1 Å². The average Bonchev–Trinajstić information content (AvgIpc) is 2.53. The van der Waals surface area contributed by atoms with Gasteiger partial charge < -0.3 is 9.80 Å². The highest BCUT2D eigenvalue weighted by Crippen LogP contribution is 2.30. The van der Waals surface area contributed by atoms with E-state index in [1.807, 2.05) is 74.4 Å². The molecule has 0 bridgehead atoms. The molecule has 0 aliphatic carbocycles. The van der Waals surface area contributed by atoms with Crippen molar-refractivity contribution >= 4 is 23.9 Å². The first-order valence-corrected chi connectivity index (χ1v) is 7.01. The van der Waals surface area contributed by atoms with Gasteiger partial charge in [0, 0.05) is 50.7 Å². The molecular weight excluding hydrogens is 276 g/mol. The molecule has 0 unspecified atom stereocenters. The van der Waals surface area contributed by atoms with E-state index in [1.165, 1.54) is 0 Å². The van der Waals surface area contributed by atoms with Crippen molar-refractivity contribution in [2.24, 2.45) is 0 Å². The fourth-order valence-corrected chi connectivity index (χ4v) is 2.34. The summed E-state index contributed by atoms with van der Waals surface area (Å²) in [6.45, 7) is 0. The van der Waals surface area contributed by atoms with Crippen molar-refractivity contribution in [3.05, 3.63) is 47.5 Å². The Balaban J connectivity index is 2.60. The molecule has 0 spiro atoms. The molecule has 0 aliphatic heterocycles. The number of aldehydes is 2. The van der Waals surface area contributed by atoms with Gasteiger partial charge in [-0.05, 0) is 35.4 Å². The average molecular weight is 296 g/mol. The topological polar surface area (TPSA) is 40.6 Å². The quantitative estimate of drug-likeness (QED) is 0.795. The highest BCUT2D eigenvalue weighted by molar-refractivity contribution is 5.96. The molecule has 114 valence electrons. The van der Waals surface area contributed by atoms with Crippen LogP contribution in [0.4, 0.5) is 11.4 Å². The van der Waals surface area contributed by atoms with Crippen LogP contribution in [-0.4, -0.2) is 40.8 Å². The number of rotatable bonds is 5. The van der Waals surface area contributed by atoms with Crippen LogP contribution in [0.1, 0.15) is 20.7 Å². The molecule has 2 aromatic rings. The summed E-state index contributed by atoms with van der Waals surface area (Å²) in [6, 6.07) is 11.3. The van der Waals surface area contributed by atoms with E-state index in [0.717, 1.165) is 35.1 Å². The lowest BCUT2D eigenvalue weighted by Gasteiger charge is -2.17. The van der Waals surface area contributed by atoms with Crippen molar-refractivity contribution < 1.29 is 9.59 Å². The zero-order valence-electron chi connectivity index (χ0n) is 13.3. The smallest absolute Gasteiger partial charge is 0.150 e. The molecule has 4 nitrogen and oxygen atoms in total. The second kappa shape index (κ2) is 6.43. The van der Waals surface area contributed by atoms with Crippen LogP contribution in [0.25, 0.3) is 11.1 Å². The SMILES string of the molecule is CN(C)c1ccc(-c2ccc(N(C)C)cc2C=O)c(C=O)c1. The van der Waals surface area contributed by atoms with Crippen LogP contribution in [0, 0.1) is 0 Å². The van der Waals surface area contributed by atoms with Crippen LogP contribution in [0.2, 0.25) is 0 Å². The number of carbonyl (C=O) groups excluding carboxylic acids is 2. The Morgan fingerprint density at radius 1 is 0.682 bits per heavy atom. The molecule has 22 heavy (non-hydrogen) atoms. The van der Waals surface area contributed by atoms with Gasteiger partial charge in [-0.2, -0.15) is 0 Å².